The van der Waals surface area contributed by atoms with E-state index in [9.17, 15) is 4.79 Å². The molecule has 0 atom stereocenters. The topological polar surface area (TPSA) is 62.0 Å². The summed E-state index contributed by atoms with van der Waals surface area (Å²) in [5.41, 5.74) is 4.76. The van der Waals surface area contributed by atoms with E-state index in [4.69, 9.17) is 5.11 Å². The molecule has 2 aromatic carbocycles. The minimum Gasteiger partial charge on any atom is -0.400 e. The predicted octanol–water partition coefficient (Wildman–Crippen LogP) is 3.93. The molecule has 0 aliphatic rings. The SMILES string of the molecule is CC(=O)c1ccc(C/C(C)=N/N=C(\C)c2ccccc2)cc1.CO. The van der Waals surface area contributed by atoms with Crippen LogP contribution in [0.25, 0.3) is 0 Å². The van der Waals surface area contributed by atoms with Crippen molar-refractivity contribution < 1.29 is 9.90 Å². The van der Waals surface area contributed by atoms with Gasteiger partial charge in [-0.1, -0.05) is 54.6 Å². The Morgan fingerprint density at radius 1 is 0.833 bits per heavy atom. The van der Waals surface area contributed by atoms with Crippen molar-refractivity contribution >= 4 is 17.2 Å². The lowest BCUT2D eigenvalue weighted by Crippen LogP contribution is -2.00. The van der Waals surface area contributed by atoms with Crippen LogP contribution in [0.5, 0.6) is 0 Å². The number of ketones is 1. The summed E-state index contributed by atoms with van der Waals surface area (Å²) in [5, 5.41) is 15.6. The molecule has 24 heavy (non-hydrogen) atoms. The Labute approximate surface area is 143 Å². The summed E-state index contributed by atoms with van der Waals surface area (Å²) in [7, 11) is 1.00. The van der Waals surface area contributed by atoms with Gasteiger partial charge >= 0.3 is 0 Å². The minimum atomic E-state index is 0.0834. The zero-order valence-corrected chi connectivity index (χ0v) is 14.7. The Hall–Kier alpha value is -2.59. The standard InChI is InChI=1S/C19H20N2O.CH4O/c1-14(13-17-9-11-19(12-10-17)16(3)22)20-21-15(2)18-7-5-4-6-8-18;1-2/h4-12H,13H2,1-3H3;2H,1H3/b20-14+,21-15+;. The quantitative estimate of drug-likeness (QED) is 0.514. The first-order chi connectivity index (χ1) is 11.6. The first kappa shape index (κ1) is 19.5. The van der Waals surface area contributed by atoms with Crippen molar-refractivity contribution in [1.29, 1.82) is 0 Å². The van der Waals surface area contributed by atoms with E-state index in [1.165, 1.54) is 0 Å². The van der Waals surface area contributed by atoms with Crippen LogP contribution in [0.2, 0.25) is 0 Å². The van der Waals surface area contributed by atoms with Crippen LogP contribution in [-0.2, 0) is 6.42 Å². The number of nitrogens with zero attached hydrogens (tertiary/aromatic N) is 2. The molecule has 0 saturated heterocycles. The number of rotatable bonds is 5. The highest BCUT2D eigenvalue weighted by atomic mass is 16.2. The summed E-state index contributed by atoms with van der Waals surface area (Å²) >= 11 is 0. The van der Waals surface area contributed by atoms with Gasteiger partial charge in [-0.05, 0) is 31.9 Å². The molecular weight excluding hydrogens is 300 g/mol. The Balaban J connectivity index is 0.00000139. The van der Waals surface area contributed by atoms with Crippen LogP contribution < -0.4 is 0 Å². The second-order valence-electron chi connectivity index (χ2n) is 5.32. The number of aliphatic hydroxyl groups excluding tert-OH is 1. The van der Waals surface area contributed by atoms with E-state index in [1.54, 1.807) is 6.92 Å². The molecule has 0 aromatic heterocycles. The molecule has 2 rings (SSSR count). The molecule has 0 unspecified atom stereocenters. The van der Waals surface area contributed by atoms with E-state index in [1.807, 2.05) is 68.4 Å². The molecule has 1 N–H and O–H groups in total. The lowest BCUT2D eigenvalue weighted by molar-refractivity contribution is 0.101. The third-order valence-electron chi connectivity index (χ3n) is 3.38. The summed E-state index contributed by atoms with van der Waals surface area (Å²) in [6, 6.07) is 17.6. The third-order valence-corrected chi connectivity index (χ3v) is 3.38. The van der Waals surface area contributed by atoms with Crippen molar-refractivity contribution in [2.45, 2.75) is 27.2 Å². The van der Waals surface area contributed by atoms with Crippen molar-refractivity contribution in [2.24, 2.45) is 10.2 Å². The number of Topliss-reactive ketones (excluding diaryl/α,β-unsaturated/α-hetero) is 1. The Morgan fingerprint density at radius 2 is 1.42 bits per heavy atom. The van der Waals surface area contributed by atoms with E-state index >= 15 is 0 Å². The van der Waals surface area contributed by atoms with Gasteiger partial charge in [-0.15, -0.1) is 0 Å². The van der Waals surface area contributed by atoms with Crippen LogP contribution >= 0.6 is 0 Å². The van der Waals surface area contributed by atoms with Gasteiger partial charge in [0.1, 0.15) is 0 Å². The van der Waals surface area contributed by atoms with Gasteiger partial charge in [0.05, 0.1) is 5.71 Å². The molecule has 0 heterocycles. The predicted molar refractivity (Wildman–Crippen MR) is 100 cm³/mol. The molecule has 0 aliphatic carbocycles. The number of benzene rings is 2. The summed E-state index contributed by atoms with van der Waals surface area (Å²) in [5.74, 6) is 0.0834. The number of hydrogen-bond donors (Lipinski definition) is 1. The van der Waals surface area contributed by atoms with Crippen molar-refractivity contribution in [3.05, 3.63) is 71.3 Å². The largest absolute Gasteiger partial charge is 0.400 e. The molecule has 0 amide bonds. The Kier molecular flexibility index (Phi) is 8.30. The van der Waals surface area contributed by atoms with Gasteiger partial charge in [-0.25, -0.2) is 0 Å². The molecule has 0 aliphatic heterocycles. The molecule has 0 radical (unpaired) electrons. The Bertz CT molecular complexity index is 702. The molecule has 4 nitrogen and oxygen atoms in total. The maximum Gasteiger partial charge on any atom is 0.159 e. The minimum absolute atomic E-state index is 0.0834. The van der Waals surface area contributed by atoms with Crippen molar-refractivity contribution in [2.75, 3.05) is 7.11 Å². The summed E-state index contributed by atoms with van der Waals surface area (Å²) in [6.07, 6.45) is 0.726. The van der Waals surface area contributed by atoms with E-state index in [0.717, 1.165) is 41.6 Å². The maximum absolute atomic E-state index is 11.2. The molecule has 2 aromatic rings. The second kappa shape index (κ2) is 10.2. The molecule has 0 fully saturated rings. The van der Waals surface area contributed by atoms with Gasteiger partial charge in [0.25, 0.3) is 0 Å². The first-order valence-electron chi connectivity index (χ1n) is 7.74. The molecular formula is C20H24N2O2. The van der Waals surface area contributed by atoms with Crippen molar-refractivity contribution in [1.82, 2.24) is 0 Å². The number of carbonyl (C=O) groups is 1. The van der Waals surface area contributed by atoms with E-state index in [0.29, 0.717) is 0 Å². The van der Waals surface area contributed by atoms with Gasteiger partial charge in [-0.3, -0.25) is 4.79 Å². The zero-order chi connectivity index (χ0) is 17.9. The van der Waals surface area contributed by atoms with Crippen LogP contribution in [0, 0.1) is 0 Å². The Morgan fingerprint density at radius 3 is 1.96 bits per heavy atom. The van der Waals surface area contributed by atoms with Crippen molar-refractivity contribution in [3.63, 3.8) is 0 Å². The van der Waals surface area contributed by atoms with Crippen molar-refractivity contribution in [3.8, 4) is 0 Å². The molecule has 0 spiro atoms. The molecule has 0 bridgehead atoms. The monoisotopic (exact) mass is 324 g/mol. The lowest BCUT2D eigenvalue weighted by Gasteiger charge is -2.02. The van der Waals surface area contributed by atoms with Crippen LogP contribution in [-0.4, -0.2) is 29.4 Å². The fraction of sp³-hybridized carbons (Fsp3) is 0.250. The second-order valence-corrected chi connectivity index (χ2v) is 5.32. The fourth-order valence-electron chi connectivity index (χ4n) is 2.09. The normalized spacial score (nSPS) is 11.5. The van der Waals surface area contributed by atoms with Gasteiger partial charge in [0.15, 0.2) is 5.78 Å². The van der Waals surface area contributed by atoms with Gasteiger partial charge in [-0.2, -0.15) is 10.2 Å². The number of hydrogen-bond acceptors (Lipinski definition) is 4. The molecule has 126 valence electrons. The van der Waals surface area contributed by atoms with E-state index in [-0.39, 0.29) is 5.78 Å². The average Bonchev–Trinajstić information content (AvgIpc) is 2.62. The smallest absolute Gasteiger partial charge is 0.159 e. The molecule has 0 saturated carbocycles. The van der Waals surface area contributed by atoms with Gasteiger partial charge in [0, 0.05) is 24.8 Å². The fourth-order valence-corrected chi connectivity index (χ4v) is 2.09. The summed E-state index contributed by atoms with van der Waals surface area (Å²) in [4.78, 5) is 11.2. The van der Waals surface area contributed by atoms with Crippen LogP contribution in [0.15, 0.2) is 64.8 Å². The third kappa shape index (κ3) is 6.26. The molecule has 4 heteroatoms. The van der Waals surface area contributed by atoms with Crippen LogP contribution in [0.4, 0.5) is 0 Å². The van der Waals surface area contributed by atoms with Gasteiger partial charge in [0.2, 0.25) is 0 Å². The van der Waals surface area contributed by atoms with Crippen LogP contribution in [0.1, 0.15) is 42.3 Å². The number of carbonyl (C=O) groups excluding carboxylic acids is 1. The zero-order valence-electron chi connectivity index (χ0n) is 14.7. The van der Waals surface area contributed by atoms with E-state index in [2.05, 4.69) is 10.2 Å². The maximum atomic E-state index is 11.2. The highest BCUT2D eigenvalue weighted by Crippen LogP contribution is 2.07. The number of aliphatic hydroxyl groups is 1. The summed E-state index contributed by atoms with van der Waals surface area (Å²) in [6.45, 7) is 5.48. The lowest BCUT2D eigenvalue weighted by atomic mass is 10.1. The van der Waals surface area contributed by atoms with Crippen LogP contribution in [0.3, 0.4) is 0 Å². The first-order valence-corrected chi connectivity index (χ1v) is 7.74. The van der Waals surface area contributed by atoms with Gasteiger partial charge < -0.3 is 5.11 Å². The average molecular weight is 324 g/mol. The summed E-state index contributed by atoms with van der Waals surface area (Å²) < 4.78 is 0. The highest BCUT2D eigenvalue weighted by Gasteiger charge is 2.01. The highest BCUT2D eigenvalue weighted by molar-refractivity contribution is 5.99. The van der Waals surface area contributed by atoms with E-state index < -0.39 is 0 Å².